The second-order valence-corrected chi connectivity index (χ2v) is 5.21. The Kier molecular flexibility index (Phi) is 4.75. The topological polar surface area (TPSA) is 49.5 Å². The van der Waals surface area contributed by atoms with E-state index in [1.807, 2.05) is 0 Å². The fraction of sp³-hybridized carbons (Fsp3) is 0.600. The molecule has 1 aromatic carbocycles. The number of unbranched alkanes of at least 4 members (excludes halogenated alkanes) is 2. The first-order valence-electron chi connectivity index (χ1n) is 6.90. The summed E-state index contributed by atoms with van der Waals surface area (Å²) in [6.07, 6.45) is 3.15. The molecule has 1 unspecified atom stereocenters. The molecule has 1 atom stereocenters. The second kappa shape index (κ2) is 6.32. The van der Waals surface area contributed by atoms with Crippen molar-refractivity contribution in [1.29, 1.82) is 0 Å². The van der Waals surface area contributed by atoms with Crippen LogP contribution in [0, 0.1) is 6.92 Å². The summed E-state index contributed by atoms with van der Waals surface area (Å²) in [6.45, 7) is 5.24. The summed E-state index contributed by atoms with van der Waals surface area (Å²) in [6, 6.07) is 7.08. The van der Waals surface area contributed by atoms with Gasteiger partial charge in [-0.05, 0) is 43.9 Å². The second-order valence-electron chi connectivity index (χ2n) is 5.21. The molecule has 18 heavy (non-hydrogen) atoms. The summed E-state index contributed by atoms with van der Waals surface area (Å²) in [5.74, 6) is 0. The standard InChI is InChI=1S/C15H24N2O/c1-12-5-6-13-11-17(7-3-2-4-8-18)15(10-16)14(13)9-12/h5-6,9,15,18H,2-4,7-8,10-11,16H2,1H3. The van der Waals surface area contributed by atoms with Crippen LogP contribution in [-0.4, -0.2) is 29.7 Å². The van der Waals surface area contributed by atoms with Crippen molar-refractivity contribution in [2.75, 3.05) is 19.7 Å². The molecule has 1 aliphatic rings. The summed E-state index contributed by atoms with van der Waals surface area (Å²) < 4.78 is 0. The van der Waals surface area contributed by atoms with E-state index in [4.69, 9.17) is 10.8 Å². The summed E-state index contributed by atoms with van der Waals surface area (Å²) in [5, 5.41) is 8.80. The molecule has 1 aromatic rings. The van der Waals surface area contributed by atoms with E-state index < -0.39 is 0 Å². The van der Waals surface area contributed by atoms with Gasteiger partial charge in [0.15, 0.2) is 0 Å². The molecule has 3 heteroatoms. The van der Waals surface area contributed by atoms with Crippen LogP contribution in [0.4, 0.5) is 0 Å². The third kappa shape index (κ3) is 2.91. The first-order valence-corrected chi connectivity index (χ1v) is 6.90. The van der Waals surface area contributed by atoms with E-state index in [1.165, 1.54) is 16.7 Å². The van der Waals surface area contributed by atoms with Crippen LogP contribution in [0.1, 0.15) is 42.0 Å². The average Bonchev–Trinajstić information content (AvgIpc) is 2.71. The van der Waals surface area contributed by atoms with E-state index >= 15 is 0 Å². The first kappa shape index (κ1) is 13.5. The molecule has 2 rings (SSSR count). The largest absolute Gasteiger partial charge is 0.396 e. The van der Waals surface area contributed by atoms with Gasteiger partial charge < -0.3 is 10.8 Å². The van der Waals surface area contributed by atoms with Crippen molar-refractivity contribution >= 4 is 0 Å². The number of aryl methyl sites for hydroxylation is 1. The fourth-order valence-corrected chi connectivity index (χ4v) is 2.81. The number of nitrogens with two attached hydrogens (primary N) is 1. The van der Waals surface area contributed by atoms with Crippen LogP contribution in [-0.2, 0) is 6.54 Å². The maximum atomic E-state index is 8.80. The maximum absolute atomic E-state index is 8.80. The molecule has 0 saturated heterocycles. The number of fused-ring (bicyclic) bond motifs is 1. The molecule has 0 aromatic heterocycles. The van der Waals surface area contributed by atoms with Crippen molar-refractivity contribution in [3.05, 3.63) is 34.9 Å². The molecule has 0 radical (unpaired) electrons. The fourth-order valence-electron chi connectivity index (χ4n) is 2.81. The molecular formula is C15H24N2O. The van der Waals surface area contributed by atoms with Crippen molar-refractivity contribution in [3.8, 4) is 0 Å². The van der Waals surface area contributed by atoms with E-state index in [9.17, 15) is 0 Å². The zero-order chi connectivity index (χ0) is 13.0. The zero-order valence-corrected chi connectivity index (χ0v) is 11.2. The molecule has 0 saturated carbocycles. The van der Waals surface area contributed by atoms with E-state index in [0.29, 0.717) is 19.2 Å². The quantitative estimate of drug-likeness (QED) is 0.757. The van der Waals surface area contributed by atoms with Gasteiger partial charge in [-0.3, -0.25) is 4.90 Å². The summed E-state index contributed by atoms with van der Waals surface area (Å²) in [4.78, 5) is 2.47. The van der Waals surface area contributed by atoms with Gasteiger partial charge in [-0.25, -0.2) is 0 Å². The smallest absolute Gasteiger partial charge is 0.0477 e. The van der Waals surface area contributed by atoms with Crippen molar-refractivity contribution in [2.24, 2.45) is 5.73 Å². The van der Waals surface area contributed by atoms with Gasteiger partial charge in [-0.15, -0.1) is 0 Å². The first-order chi connectivity index (χ1) is 8.76. The van der Waals surface area contributed by atoms with Crippen LogP contribution in [0.2, 0.25) is 0 Å². The Morgan fingerprint density at radius 1 is 1.33 bits per heavy atom. The van der Waals surface area contributed by atoms with Crippen LogP contribution in [0.3, 0.4) is 0 Å². The highest BCUT2D eigenvalue weighted by molar-refractivity contribution is 5.37. The number of hydrogen-bond donors (Lipinski definition) is 2. The van der Waals surface area contributed by atoms with Gasteiger partial charge in [0, 0.05) is 25.7 Å². The van der Waals surface area contributed by atoms with E-state index in [0.717, 1.165) is 32.4 Å². The van der Waals surface area contributed by atoms with Gasteiger partial charge in [-0.1, -0.05) is 23.8 Å². The summed E-state index contributed by atoms with van der Waals surface area (Å²) >= 11 is 0. The Hall–Kier alpha value is -0.900. The van der Waals surface area contributed by atoms with Gasteiger partial charge in [0.25, 0.3) is 0 Å². The van der Waals surface area contributed by atoms with Crippen LogP contribution >= 0.6 is 0 Å². The number of benzene rings is 1. The lowest BCUT2D eigenvalue weighted by Crippen LogP contribution is -2.28. The third-order valence-corrected chi connectivity index (χ3v) is 3.80. The summed E-state index contributed by atoms with van der Waals surface area (Å²) in [7, 11) is 0. The summed E-state index contributed by atoms with van der Waals surface area (Å²) in [5.41, 5.74) is 10.1. The van der Waals surface area contributed by atoms with Gasteiger partial charge in [-0.2, -0.15) is 0 Å². The lowest BCUT2D eigenvalue weighted by molar-refractivity contribution is 0.210. The molecule has 0 spiro atoms. The lowest BCUT2D eigenvalue weighted by Gasteiger charge is -2.23. The Labute approximate surface area is 110 Å². The lowest BCUT2D eigenvalue weighted by atomic mass is 10.0. The van der Waals surface area contributed by atoms with Crippen LogP contribution in [0.25, 0.3) is 0 Å². The van der Waals surface area contributed by atoms with Crippen LogP contribution in [0.15, 0.2) is 18.2 Å². The average molecular weight is 248 g/mol. The van der Waals surface area contributed by atoms with Crippen molar-refractivity contribution in [1.82, 2.24) is 4.90 Å². The van der Waals surface area contributed by atoms with Crippen molar-refractivity contribution < 1.29 is 5.11 Å². The monoisotopic (exact) mass is 248 g/mol. The Balaban J connectivity index is 1.99. The minimum absolute atomic E-state index is 0.305. The van der Waals surface area contributed by atoms with Crippen molar-refractivity contribution in [3.63, 3.8) is 0 Å². The molecular weight excluding hydrogens is 224 g/mol. The van der Waals surface area contributed by atoms with Crippen LogP contribution < -0.4 is 5.73 Å². The zero-order valence-electron chi connectivity index (χ0n) is 11.2. The minimum Gasteiger partial charge on any atom is -0.396 e. The molecule has 0 fully saturated rings. The Bertz CT molecular complexity index is 392. The predicted octanol–water partition coefficient (Wildman–Crippen LogP) is 1.97. The van der Waals surface area contributed by atoms with Crippen molar-refractivity contribution in [2.45, 2.75) is 38.8 Å². The number of nitrogens with zero attached hydrogens (tertiary/aromatic N) is 1. The minimum atomic E-state index is 0.305. The third-order valence-electron chi connectivity index (χ3n) is 3.80. The van der Waals surface area contributed by atoms with E-state index in [-0.39, 0.29) is 0 Å². The molecule has 1 aliphatic heterocycles. The number of rotatable bonds is 6. The SMILES string of the molecule is Cc1ccc2c(c1)C(CN)N(CCCCCO)C2. The molecule has 3 N–H and O–H groups in total. The number of aliphatic hydroxyl groups is 1. The molecule has 100 valence electrons. The highest BCUT2D eigenvalue weighted by Gasteiger charge is 2.28. The molecule has 0 bridgehead atoms. The Morgan fingerprint density at radius 2 is 2.17 bits per heavy atom. The van der Waals surface area contributed by atoms with E-state index in [1.54, 1.807) is 0 Å². The predicted molar refractivity (Wildman–Crippen MR) is 74.3 cm³/mol. The maximum Gasteiger partial charge on any atom is 0.0477 e. The van der Waals surface area contributed by atoms with Gasteiger partial charge >= 0.3 is 0 Å². The van der Waals surface area contributed by atoms with Gasteiger partial charge in [0.2, 0.25) is 0 Å². The normalized spacial score (nSPS) is 19.2. The van der Waals surface area contributed by atoms with Crippen LogP contribution in [0.5, 0.6) is 0 Å². The highest BCUT2D eigenvalue weighted by Crippen LogP contribution is 2.33. The molecule has 0 amide bonds. The van der Waals surface area contributed by atoms with E-state index in [2.05, 4.69) is 30.0 Å². The number of aliphatic hydroxyl groups excluding tert-OH is 1. The molecule has 3 nitrogen and oxygen atoms in total. The number of hydrogen-bond acceptors (Lipinski definition) is 3. The van der Waals surface area contributed by atoms with Gasteiger partial charge in [0.1, 0.15) is 0 Å². The highest BCUT2D eigenvalue weighted by atomic mass is 16.2. The molecule has 0 aliphatic carbocycles. The Morgan fingerprint density at radius 3 is 2.89 bits per heavy atom. The molecule has 1 heterocycles. The van der Waals surface area contributed by atoms with Gasteiger partial charge in [0.05, 0.1) is 0 Å².